The Labute approximate surface area is 239 Å². The summed E-state index contributed by atoms with van der Waals surface area (Å²) in [6.45, 7) is 10.5. The second kappa shape index (κ2) is 11.0. The quantitative estimate of drug-likeness (QED) is 0.365. The van der Waals surface area contributed by atoms with Crippen molar-refractivity contribution in [3.63, 3.8) is 0 Å². The van der Waals surface area contributed by atoms with Crippen molar-refractivity contribution < 1.29 is 28.2 Å². The first-order valence-corrected chi connectivity index (χ1v) is 13.8. The van der Waals surface area contributed by atoms with Crippen LogP contribution in [0.3, 0.4) is 0 Å². The highest BCUT2D eigenvalue weighted by Gasteiger charge is 2.59. The van der Waals surface area contributed by atoms with E-state index in [-0.39, 0.29) is 36.5 Å². The molecule has 41 heavy (non-hydrogen) atoms. The number of nitrogens with zero attached hydrogens (tertiary/aromatic N) is 2. The van der Waals surface area contributed by atoms with Gasteiger partial charge in [-0.1, -0.05) is 30.3 Å². The lowest BCUT2D eigenvalue weighted by atomic mass is 9.93. The van der Waals surface area contributed by atoms with Gasteiger partial charge in [0, 0.05) is 36.6 Å². The molecule has 2 amide bonds. The van der Waals surface area contributed by atoms with E-state index >= 15 is 0 Å². The third-order valence-electron chi connectivity index (χ3n) is 7.31. The molecular weight excluding hydrogens is 525 g/mol. The van der Waals surface area contributed by atoms with Crippen molar-refractivity contribution in [1.82, 2.24) is 15.2 Å². The molecule has 1 N–H and O–H groups in total. The van der Waals surface area contributed by atoms with Gasteiger partial charge in [0.2, 0.25) is 5.88 Å². The van der Waals surface area contributed by atoms with Crippen LogP contribution in [0.2, 0.25) is 0 Å². The summed E-state index contributed by atoms with van der Waals surface area (Å²) in [5, 5.41) is 2.93. The first kappa shape index (κ1) is 28.4. The zero-order chi connectivity index (χ0) is 29.4. The number of ether oxygens (including phenoxy) is 3. The molecule has 3 aromatic rings. The Morgan fingerprint density at radius 2 is 1.63 bits per heavy atom. The van der Waals surface area contributed by atoms with Gasteiger partial charge in [-0.25, -0.2) is 19.0 Å². The summed E-state index contributed by atoms with van der Waals surface area (Å²) in [6, 6.07) is 19.3. The molecule has 1 saturated heterocycles. The number of pyridine rings is 1. The standard InChI is InChI=1S/C32H36FN3O5/c1-31(2,3)41-29(37)35-32(4,5)22-15-26(21-11-13-23(33)14-12-21)34-27(16-22)40-28-24-17-36(18-25(24)28)30(38)39-19-20-9-7-6-8-10-20/h6-16,24-25,28H,17-19H2,1-5H3,(H,35,37)/t24-,25+,28?. The van der Waals surface area contributed by atoms with E-state index in [4.69, 9.17) is 19.2 Å². The number of piperidine rings is 1. The number of alkyl carbamates (subject to hydrolysis) is 1. The monoisotopic (exact) mass is 561 g/mol. The first-order chi connectivity index (χ1) is 19.4. The molecule has 2 aromatic carbocycles. The number of likely N-dealkylation sites (tertiary alicyclic amines) is 1. The van der Waals surface area contributed by atoms with Crippen molar-refractivity contribution in [2.75, 3.05) is 13.1 Å². The highest BCUT2D eigenvalue weighted by Crippen LogP contribution is 2.48. The molecule has 0 spiro atoms. The summed E-state index contributed by atoms with van der Waals surface area (Å²) in [7, 11) is 0. The number of hydrogen-bond acceptors (Lipinski definition) is 6. The molecule has 1 aliphatic heterocycles. The Morgan fingerprint density at radius 3 is 2.27 bits per heavy atom. The number of benzene rings is 2. The second-order valence-electron chi connectivity index (χ2n) is 12.2. The number of hydrogen-bond donors (Lipinski definition) is 1. The molecular formula is C32H36FN3O5. The average Bonchev–Trinajstić information content (AvgIpc) is 3.33. The van der Waals surface area contributed by atoms with Crippen LogP contribution in [0, 0.1) is 17.7 Å². The minimum Gasteiger partial charge on any atom is -0.474 e. The molecule has 9 heteroatoms. The predicted molar refractivity (Wildman–Crippen MR) is 152 cm³/mol. The van der Waals surface area contributed by atoms with E-state index in [9.17, 15) is 14.0 Å². The molecule has 2 aliphatic rings. The maximum absolute atomic E-state index is 13.6. The van der Waals surface area contributed by atoms with E-state index in [1.54, 1.807) is 37.8 Å². The first-order valence-electron chi connectivity index (χ1n) is 13.8. The summed E-state index contributed by atoms with van der Waals surface area (Å²) >= 11 is 0. The third-order valence-corrected chi connectivity index (χ3v) is 7.31. The molecule has 1 unspecified atom stereocenters. The van der Waals surface area contributed by atoms with Gasteiger partial charge in [-0.05, 0) is 76.1 Å². The normalized spacial score (nSPS) is 19.8. The molecule has 1 aliphatic carbocycles. The summed E-state index contributed by atoms with van der Waals surface area (Å²) in [5.41, 5.74) is 1.54. The summed E-state index contributed by atoms with van der Waals surface area (Å²) < 4.78 is 30.9. The fourth-order valence-corrected chi connectivity index (χ4v) is 5.07. The van der Waals surface area contributed by atoms with Crippen LogP contribution in [0.1, 0.15) is 45.7 Å². The fraction of sp³-hybridized carbons (Fsp3) is 0.406. The van der Waals surface area contributed by atoms with Crippen LogP contribution in [0.5, 0.6) is 5.88 Å². The number of carbonyl (C=O) groups excluding carboxylic acids is 2. The van der Waals surface area contributed by atoms with Gasteiger partial charge in [0.1, 0.15) is 24.1 Å². The van der Waals surface area contributed by atoms with E-state index in [1.165, 1.54) is 12.1 Å². The number of aromatic nitrogens is 1. The lowest BCUT2D eigenvalue weighted by Gasteiger charge is -2.29. The predicted octanol–water partition coefficient (Wildman–Crippen LogP) is 6.29. The molecule has 2 fully saturated rings. The van der Waals surface area contributed by atoms with E-state index in [0.717, 1.165) is 16.7 Å². The largest absolute Gasteiger partial charge is 0.474 e. The van der Waals surface area contributed by atoms with Crippen molar-refractivity contribution >= 4 is 12.2 Å². The van der Waals surface area contributed by atoms with Crippen molar-refractivity contribution in [2.24, 2.45) is 11.8 Å². The van der Waals surface area contributed by atoms with Crippen LogP contribution in [0.25, 0.3) is 11.3 Å². The Kier molecular flexibility index (Phi) is 7.64. The third kappa shape index (κ3) is 6.96. The molecule has 2 heterocycles. The van der Waals surface area contributed by atoms with Gasteiger partial charge in [0.05, 0.1) is 11.2 Å². The lowest BCUT2D eigenvalue weighted by molar-refractivity contribution is 0.0469. The summed E-state index contributed by atoms with van der Waals surface area (Å²) in [4.78, 5) is 31.6. The lowest BCUT2D eigenvalue weighted by Crippen LogP contribution is -2.43. The molecule has 3 atom stereocenters. The van der Waals surface area contributed by atoms with Crippen molar-refractivity contribution in [3.05, 3.63) is 83.7 Å². The van der Waals surface area contributed by atoms with Gasteiger partial charge in [-0.3, -0.25) is 0 Å². The Morgan fingerprint density at radius 1 is 0.976 bits per heavy atom. The molecule has 1 aromatic heterocycles. The minimum atomic E-state index is -0.823. The Hall–Kier alpha value is -4.14. The summed E-state index contributed by atoms with van der Waals surface area (Å²) in [6.07, 6.45) is -0.950. The second-order valence-corrected chi connectivity index (χ2v) is 12.2. The number of carbonyl (C=O) groups is 2. The van der Waals surface area contributed by atoms with E-state index in [1.807, 2.05) is 56.3 Å². The zero-order valence-electron chi connectivity index (χ0n) is 24.0. The van der Waals surface area contributed by atoms with Crippen LogP contribution >= 0.6 is 0 Å². The van der Waals surface area contributed by atoms with E-state index in [0.29, 0.717) is 24.7 Å². The van der Waals surface area contributed by atoms with Crippen molar-refractivity contribution in [1.29, 1.82) is 0 Å². The smallest absolute Gasteiger partial charge is 0.410 e. The molecule has 1 saturated carbocycles. The van der Waals surface area contributed by atoms with E-state index < -0.39 is 17.2 Å². The SMILES string of the molecule is CC(C)(C)OC(=O)NC(C)(C)c1cc(OC2[C@H]3CN(C(=O)OCc4ccccc4)C[C@@H]23)nc(-c2ccc(F)cc2)c1. The minimum absolute atomic E-state index is 0.0843. The van der Waals surface area contributed by atoms with Gasteiger partial charge in [-0.2, -0.15) is 0 Å². The molecule has 0 radical (unpaired) electrons. The van der Waals surface area contributed by atoms with Crippen molar-refractivity contribution in [2.45, 2.75) is 58.5 Å². The van der Waals surface area contributed by atoms with Gasteiger partial charge in [0.25, 0.3) is 0 Å². The Balaban J connectivity index is 1.28. The average molecular weight is 562 g/mol. The number of rotatable bonds is 7. The molecule has 8 nitrogen and oxygen atoms in total. The highest BCUT2D eigenvalue weighted by molar-refractivity contribution is 5.70. The Bertz CT molecular complexity index is 1390. The van der Waals surface area contributed by atoms with Crippen LogP contribution in [-0.4, -0.2) is 46.9 Å². The van der Waals surface area contributed by atoms with Gasteiger partial charge < -0.3 is 24.4 Å². The van der Waals surface area contributed by atoms with Crippen LogP contribution in [-0.2, 0) is 21.6 Å². The van der Waals surface area contributed by atoms with Gasteiger partial charge in [-0.15, -0.1) is 0 Å². The molecule has 5 rings (SSSR count). The van der Waals surface area contributed by atoms with Gasteiger partial charge >= 0.3 is 12.2 Å². The zero-order valence-corrected chi connectivity index (χ0v) is 24.0. The number of fused-ring (bicyclic) bond motifs is 1. The molecule has 216 valence electrons. The maximum atomic E-state index is 13.6. The van der Waals surface area contributed by atoms with Crippen LogP contribution < -0.4 is 10.1 Å². The van der Waals surface area contributed by atoms with Gasteiger partial charge in [0.15, 0.2) is 0 Å². The van der Waals surface area contributed by atoms with E-state index in [2.05, 4.69) is 5.32 Å². The maximum Gasteiger partial charge on any atom is 0.410 e. The molecule has 0 bridgehead atoms. The number of nitrogens with one attached hydrogen (secondary N) is 1. The number of halogens is 1. The fourth-order valence-electron chi connectivity index (χ4n) is 5.07. The van der Waals surface area contributed by atoms with Crippen LogP contribution in [0.15, 0.2) is 66.7 Å². The summed E-state index contributed by atoms with van der Waals surface area (Å²) in [5.74, 6) is 0.434. The van der Waals surface area contributed by atoms with Crippen molar-refractivity contribution in [3.8, 4) is 17.1 Å². The highest BCUT2D eigenvalue weighted by atomic mass is 19.1. The van der Waals surface area contributed by atoms with Crippen LogP contribution in [0.4, 0.5) is 14.0 Å². The topological polar surface area (TPSA) is 90.0 Å². The number of amides is 2.